The van der Waals surface area contributed by atoms with Gasteiger partial charge in [0, 0.05) is 35.5 Å². The van der Waals surface area contributed by atoms with Crippen LogP contribution in [0.15, 0.2) is 42.7 Å². The van der Waals surface area contributed by atoms with Gasteiger partial charge < -0.3 is 5.32 Å². The lowest BCUT2D eigenvalue weighted by Gasteiger charge is -2.19. The molecule has 0 fully saturated rings. The van der Waals surface area contributed by atoms with E-state index < -0.39 is 5.41 Å². The Morgan fingerprint density at radius 3 is 2.52 bits per heavy atom. The normalized spacial score (nSPS) is 12.5. The van der Waals surface area contributed by atoms with E-state index in [2.05, 4.69) is 10.3 Å². The molecule has 0 aliphatic rings. The average Bonchev–Trinajstić information content (AvgIpc) is 2.56. The van der Waals surface area contributed by atoms with Crippen LogP contribution in [-0.2, 0) is 4.79 Å². The zero-order valence-electron chi connectivity index (χ0n) is 15.6. The second kappa shape index (κ2) is 7.60. The molecule has 4 nitrogen and oxygen atoms in total. The van der Waals surface area contributed by atoms with E-state index in [0.29, 0.717) is 17.7 Å². The van der Waals surface area contributed by atoms with E-state index in [4.69, 9.17) is 0 Å². The maximum Gasteiger partial charge on any atom is 0.229 e. The molecule has 132 valence electrons. The molecule has 1 amide bonds. The zero-order valence-corrected chi connectivity index (χ0v) is 15.6. The van der Waals surface area contributed by atoms with Crippen molar-refractivity contribution in [3.05, 3.63) is 59.4 Å². The molecule has 25 heavy (non-hydrogen) atoms. The van der Waals surface area contributed by atoms with Gasteiger partial charge >= 0.3 is 0 Å². The van der Waals surface area contributed by atoms with Gasteiger partial charge in [-0.3, -0.25) is 14.6 Å². The van der Waals surface area contributed by atoms with E-state index in [0.717, 1.165) is 11.1 Å². The predicted octanol–water partition coefficient (Wildman–Crippen LogP) is 4.75. The molecule has 2 rings (SSSR count). The highest BCUT2D eigenvalue weighted by Gasteiger charge is 2.22. The van der Waals surface area contributed by atoms with Crippen molar-refractivity contribution in [1.29, 1.82) is 0 Å². The van der Waals surface area contributed by atoms with Crippen molar-refractivity contribution in [2.45, 2.75) is 47.0 Å². The summed E-state index contributed by atoms with van der Waals surface area (Å²) in [5.41, 5.74) is 2.81. The molecule has 0 saturated heterocycles. The van der Waals surface area contributed by atoms with Crippen LogP contribution < -0.4 is 5.32 Å². The van der Waals surface area contributed by atoms with Crippen LogP contribution in [0.3, 0.4) is 0 Å². The predicted molar refractivity (Wildman–Crippen MR) is 101 cm³/mol. The second-order valence-electron chi connectivity index (χ2n) is 7.55. The van der Waals surface area contributed by atoms with Crippen molar-refractivity contribution in [2.75, 3.05) is 5.32 Å². The monoisotopic (exact) mass is 338 g/mol. The van der Waals surface area contributed by atoms with Crippen molar-refractivity contribution < 1.29 is 9.59 Å². The zero-order chi connectivity index (χ0) is 18.6. The van der Waals surface area contributed by atoms with Crippen molar-refractivity contribution in [3.63, 3.8) is 0 Å². The average molecular weight is 338 g/mol. The van der Waals surface area contributed by atoms with Gasteiger partial charge in [0.25, 0.3) is 0 Å². The Morgan fingerprint density at radius 2 is 1.92 bits per heavy atom. The Balaban J connectivity index is 2.15. The minimum absolute atomic E-state index is 0.0580. The number of amides is 1. The molecule has 0 aliphatic heterocycles. The smallest absolute Gasteiger partial charge is 0.229 e. The van der Waals surface area contributed by atoms with Gasteiger partial charge in [-0.15, -0.1) is 0 Å². The first-order valence-corrected chi connectivity index (χ1v) is 8.53. The van der Waals surface area contributed by atoms with Gasteiger partial charge in [-0.2, -0.15) is 0 Å². The molecule has 0 aliphatic carbocycles. The lowest BCUT2D eigenvalue weighted by Crippen LogP contribution is -2.28. The van der Waals surface area contributed by atoms with Crippen LogP contribution in [-0.4, -0.2) is 16.7 Å². The fourth-order valence-electron chi connectivity index (χ4n) is 2.42. The molecular formula is C21H26N2O2. The summed E-state index contributed by atoms with van der Waals surface area (Å²) in [5.74, 6) is 0.0849. The minimum Gasteiger partial charge on any atom is -0.325 e. The number of nitrogens with zero attached hydrogens (tertiary/aromatic N) is 1. The van der Waals surface area contributed by atoms with Gasteiger partial charge in [-0.05, 0) is 36.1 Å². The van der Waals surface area contributed by atoms with E-state index in [-0.39, 0.29) is 17.6 Å². The number of carbonyl (C=O) groups is 2. The van der Waals surface area contributed by atoms with Crippen LogP contribution in [0, 0.1) is 12.3 Å². The molecule has 1 heterocycles. The van der Waals surface area contributed by atoms with E-state index >= 15 is 0 Å². The number of aromatic nitrogens is 1. The van der Waals surface area contributed by atoms with Crippen LogP contribution in [0.4, 0.5) is 5.69 Å². The molecule has 1 atom stereocenters. The summed E-state index contributed by atoms with van der Waals surface area (Å²) >= 11 is 0. The summed E-state index contributed by atoms with van der Waals surface area (Å²) in [6, 6.07) is 9.33. The van der Waals surface area contributed by atoms with Crippen LogP contribution in [0.25, 0.3) is 0 Å². The number of benzene rings is 1. The van der Waals surface area contributed by atoms with Crippen molar-refractivity contribution in [3.8, 4) is 0 Å². The second-order valence-corrected chi connectivity index (χ2v) is 7.55. The first-order chi connectivity index (χ1) is 11.7. The lowest BCUT2D eigenvalue weighted by molar-refractivity contribution is -0.123. The van der Waals surface area contributed by atoms with Gasteiger partial charge in [-0.25, -0.2) is 0 Å². The van der Waals surface area contributed by atoms with Gasteiger partial charge in [0.05, 0.1) is 0 Å². The molecule has 1 N–H and O–H groups in total. The SMILES string of the molecule is Cc1ccc(C(=O)CC(C)c2cccnc2)cc1NC(=O)C(C)(C)C. The van der Waals surface area contributed by atoms with Crippen LogP contribution in [0.5, 0.6) is 0 Å². The first-order valence-electron chi connectivity index (χ1n) is 8.53. The number of pyridine rings is 1. The van der Waals surface area contributed by atoms with Gasteiger partial charge in [0.1, 0.15) is 0 Å². The van der Waals surface area contributed by atoms with E-state index in [1.54, 1.807) is 18.5 Å². The molecule has 0 spiro atoms. The van der Waals surface area contributed by atoms with Crippen molar-refractivity contribution >= 4 is 17.4 Å². The number of Topliss-reactive ketones (excluding diaryl/α,β-unsaturated/α-hetero) is 1. The van der Waals surface area contributed by atoms with E-state index in [1.807, 2.05) is 58.9 Å². The van der Waals surface area contributed by atoms with Crippen LogP contribution in [0.2, 0.25) is 0 Å². The van der Waals surface area contributed by atoms with E-state index in [9.17, 15) is 9.59 Å². The maximum atomic E-state index is 12.6. The maximum absolute atomic E-state index is 12.6. The number of aryl methyl sites for hydroxylation is 1. The molecule has 0 radical (unpaired) electrons. The number of ketones is 1. The lowest BCUT2D eigenvalue weighted by atomic mass is 9.93. The first kappa shape index (κ1) is 18.8. The molecule has 0 bridgehead atoms. The quantitative estimate of drug-likeness (QED) is 0.800. The minimum atomic E-state index is -0.485. The van der Waals surface area contributed by atoms with Crippen molar-refractivity contribution in [2.24, 2.45) is 5.41 Å². The summed E-state index contributed by atoms with van der Waals surface area (Å²) < 4.78 is 0. The highest BCUT2D eigenvalue weighted by molar-refractivity contribution is 6.00. The Bertz CT molecular complexity index is 761. The number of nitrogens with one attached hydrogen (secondary N) is 1. The Morgan fingerprint density at radius 1 is 1.20 bits per heavy atom. The van der Waals surface area contributed by atoms with Crippen LogP contribution >= 0.6 is 0 Å². The van der Waals surface area contributed by atoms with E-state index in [1.165, 1.54) is 0 Å². The number of carbonyl (C=O) groups excluding carboxylic acids is 2. The fraction of sp³-hybridized carbons (Fsp3) is 0.381. The van der Waals surface area contributed by atoms with Crippen LogP contribution in [0.1, 0.15) is 61.5 Å². The van der Waals surface area contributed by atoms with Crippen molar-refractivity contribution in [1.82, 2.24) is 4.98 Å². The molecule has 0 saturated carbocycles. The summed E-state index contributed by atoms with van der Waals surface area (Å²) in [6.07, 6.45) is 3.92. The Kier molecular flexibility index (Phi) is 5.73. The third-order valence-corrected chi connectivity index (χ3v) is 4.23. The summed E-state index contributed by atoms with van der Waals surface area (Å²) in [4.78, 5) is 29.0. The highest BCUT2D eigenvalue weighted by atomic mass is 16.2. The number of rotatable bonds is 5. The third-order valence-electron chi connectivity index (χ3n) is 4.23. The summed E-state index contributed by atoms with van der Waals surface area (Å²) in [5, 5.41) is 2.93. The molecule has 2 aromatic rings. The summed E-state index contributed by atoms with van der Waals surface area (Å²) in [6.45, 7) is 9.53. The molecule has 4 heteroatoms. The Hall–Kier alpha value is -2.49. The molecule has 1 aromatic carbocycles. The number of hydrogen-bond donors (Lipinski definition) is 1. The summed E-state index contributed by atoms with van der Waals surface area (Å²) in [7, 11) is 0. The molecule has 1 aromatic heterocycles. The number of anilines is 1. The Labute approximate surface area is 149 Å². The fourth-order valence-corrected chi connectivity index (χ4v) is 2.42. The topological polar surface area (TPSA) is 59.1 Å². The van der Waals surface area contributed by atoms with Gasteiger partial charge in [-0.1, -0.05) is 45.9 Å². The largest absolute Gasteiger partial charge is 0.325 e. The highest BCUT2D eigenvalue weighted by Crippen LogP contribution is 2.24. The third kappa shape index (κ3) is 4.99. The number of hydrogen-bond acceptors (Lipinski definition) is 3. The standard InChI is InChI=1S/C21H26N2O2/c1-14-8-9-16(12-18(14)23-20(25)21(3,4)5)19(24)11-15(2)17-7-6-10-22-13-17/h6-10,12-13,15H,11H2,1-5H3,(H,23,25). The van der Waals surface area contributed by atoms with Gasteiger partial charge in [0.2, 0.25) is 5.91 Å². The molecular weight excluding hydrogens is 312 g/mol. The molecule has 1 unspecified atom stereocenters. The van der Waals surface area contributed by atoms with Gasteiger partial charge in [0.15, 0.2) is 5.78 Å².